The predicted octanol–water partition coefficient (Wildman–Crippen LogP) is 2.44. The number of carbonyl (C=O) groups is 1. The van der Waals surface area contributed by atoms with Crippen molar-refractivity contribution in [3.8, 4) is 0 Å². The highest BCUT2D eigenvalue weighted by Gasteiger charge is 2.31. The van der Waals surface area contributed by atoms with E-state index in [1.165, 1.54) is 11.8 Å². The summed E-state index contributed by atoms with van der Waals surface area (Å²) in [6.45, 7) is 8.55. The quantitative estimate of drug-likeness (QED) is 0.748. The lowest BCUT2D eigenvalue weighted by Crippen LogP contribution is -2.40. The van der Waals surface area contributed by atoms with Crippen LogP contribution in [0.25, 0.3) is 0 Å². The third-order valence-electron chi connectivity index (χ3n) is 2.40. The summed E-state index contributed by atoms with van der Waals surface area (Å²) in [7, 11) is 0. The molecule has 3 atom stereocenters. The molecule has 0 aliphatic carbocycles. The van der Waals surface area contributed by atoms with Gasteiger partial charge in [-0.05, 0) is 19.3 Å². The van der Waals surface area contributed by atoms with E-state index in [0.717, 1.165) is 13.0 Å². The van der Waals surface area contributed by atoms with Gasteiger partial charge in [0.1, 0.15) is 0 Å². The van der Waals surface area contributed by atoms with Crippen LogP contribution in [0.1, 0.15) is 34.1 Å². The molecule has 1 fully saturated rings. The number of thioether (sulfide) groups is 1. The fourth-order valence-corrected chi connectivity index (χ4v) is 2.47. The van der Waals surface area contributed by atoms with Gasteiger partial charge in [0.25, 0.3) is 0 Å². The van der Waals surface area contributed by atoms with Crippen molar-refractivity contribution in [1.29, 1.82) is 0 Å². The van der Waals surface area contributed by atoms with Crippen LogP contribution in [-0.4, -0.2) is 29.4 Å². The van der Waals surface area contributed by atoms with Gasteiger partial charge in [-0.15, -0.1) is 0 Å². The minimum absolute atomic E-state index is 0.102. The van der Waals surface area contributed by atoms with Crippen molar-refractivity contribution >= 4 is 16.9 Å². The van der Waals surface area contributed by atoms with E-state index in [-0.39, 0.29) is 22.8 Å². The van der Waals surface area contributed by atoms with Gasteiger partial charge in [-0.25, -0.2) is 0 Å². The van der Waals surface area contributed by atoms with Gasteiger partial charge in [-0.1, -0.05) is 25.6 Å². The van der Waals surface area contributed by atoms with Crippen molar-refractivity contribution in [2.75, 3.05) is 6.61 Å². The first-order valence-corrected chi connectivity index (χ1v) is 6.33. The van der Waals surface area contributed by atoms with Gasteiger partial charge in [-0.2, -0.15) is 0 Å². The van der Waals surface area contributed by atoms with Crippen LogP contribution in [0.3, 0.4) is 0 Å². The second kappa shape index (κ2) is 5.87. The zero-order chi connectivity index (χ0) is 11.4. The highest BCUT2D eigenvalue weighted by molar-refractivity contribution is 8.14. The van der Waals surface area contributed by atoms with Gasteiger partial charge in [-0.3, -0.25) is 4.79 Å². The van der Waals surface area contributed by atoms with Crippen LogP contribution in [0.4, 0.5) is 0 Å². The minimum atomic E-state index is -0.234. The molecule has 1 aliphatic rings. The molecule has 1 rings (SSSR count). The van der Waals surface area contributed by atoms with Crippen molar-refractivity contribution in [1.82, 2.24) is 0 Å². The molecular formula is C11H20O3S. The first-order chi connectivity index (χ1) is 7.00. The maximum absolute atomic E-state index is 11.1. The molecule has 4 heteroatoms. The number of hydrogen-bond donors (Lipinski definition) is 0. The minimum Gasteiger partial charge on any atom is -0.351 e. The lowest BCUT2D eigenvalue weighted by Gasteiger charge is -2.34. The standard InChI is InChI=1S/C11H20O3S/c1-7(2)10(15-9(4)12)11-13-6-5-8(3)14-11/h7-8,10-11H,5-6H2,1-4H3. The molecule has 0 radical (unpaired) electrons. The summed E-state index contributed by atoms with van der Waals surface area (Å²) in [5.41, 5.74) is 0. The third kappa shape index (κ3) is 4.13. The molecule has 88 valence electrons. The van der Waals surface area contributed by atoms with E-state index in [9.17, 15) is 4.79 Å². The van der Waals surface area contributed by atoms with Gasteiger partial charge >= 0.3 is 0 Å². The van der Waals surface area contributed by atoms with E-state index in [4.69, 9.17) is 9.47 Å². The lowest BCUT2D eigenvalue weighted by molar-refractivity contribution is -0.210. The SMILES string of the molecule is CC(=O)SC(C(C)C)C1OCCC(C)O1. The molecule has 15 heavy (non-hydrogen) atoms. The Labute approximate surface area is 95.9 Å². The molecule has 1 saturated heterocycles. The number of carbonyl (C=O) groups excluding carboxylic acids is 1. The summed E-state index contributed by atoms with van der Waals surface area (Å²) < 4.78 is 11.3. The van der Waals surface area contributed by atoms with Gasteiger partial charge in [0, 0.05) is 6.92 Å². The molecule has 1 aliphatic heterocycles. The molecule has 3 nitrogen and oxygen atoms in total. The topological polar surface area (TPSA) is 35.5 Å². The molecule has 1 heterocycles. The smallest absolute Gasteiger partial charge is 0.186 e. The zero-order valence-corrected chi connectivity index (χ0v) is 10.7. The first kappa shape index (κ1) is 13.0. The van der Waals surface area contributed by atoms with Crippen LogP contribution in [0, 0.1) is 5.92 Å². The van der Waals surface area contributed by atoms with Gasteiger partial charge in [0.15, 0.2) is 11.4 Å². The van der Waals surface area contributed by atoms with Crippen molar-refractivity contribution in [2.24, 2.45) is 5.92 Å². The zero-order valence-electron chi connectivity index (χ0n) is 9.86. The van der Waals surface area contributed by atoms with E-state index >= 15 is 0 Å². The average Bonchev–Trinajstić information content (AvgIpc) is 2.13. The monoisotopic (exact) mass is 232 g/mol. The molecule has 0 amide bonds. The third-order valence-corrected chi connectivity index (χ3v) is 3.77. The Bertz CT molecular complexity index is 218. The normalized spacial score (nSPS) is 29.1. The van der Waals surface area contributed by atoms with Crippen LogP contribution in [-0.2, 0) is 14.3 Å². The van der Waals surface area contributed by atoms with Crippen LogP contribution < -0.4 is 0 Å². The molecule has 0 bridgehead atoms. The second-order valence-electron chi connectivity index (χ2n) is 4.29. The van der Waals surface area contributed by atoms with Crippen LogP contribution in [0.2, 0.25) is 0 Å². The second-order valence-corrected chi connectivity index (χ2v) is 5.65. The summed E-state index contributed by atoms with van der Waals surface area (Å²) >= 11 is 1.33. The van der Waals surface area contributed by atoms with E-state index < -0.39 is 0 Å². The molecule has 0 spiro atoms. The molecule has 0 saturated carbocycles. The van der Waals surface area contributed by atoms with E-state index in [1.54, 1.807) is 6.92 Å². The van der Waals surface area contributed by atoms with Crippen LogP contribution in [0.5, 0.6) is 0 Å². The molecule has 0 N–H and O–H groups in total. The Hall–Kier alpha value is -0.0600. The van der Waals surface area contributed by atoms with Crippen molar-refractivity contribution in [3.05, 3.63) is 0 Å². The summed E-state index contributed by atoms with van der Waals surface area (Å²) in [5.74, 6) is 0.370. The van der Waals surface area contributed by atoms with Gasteiger partial charge < -0.3 is 9.47 Å². The predicted molar refractivity (Wildman–Crippen MR) is 61.8 cm³/mol. The molecular weight excluding hydrogens is 212 g/mol. The molecule has 0 aromatic carbocycles. The maximum atomic E-state index is 11.1. The Kier molecular flexibility index (Phi) is 5.09. The highest BCUT2D eigenvalue weighted by Crippen LogP contribution is 2.29. The molecule has 0 aromatic heterocycles. The molecule has 3 unspecified atom stereocenters. The fourth-order valence-electron chi connectivity index (χ4n) is 1.56. The number of ether oxygens (including phenoxy) is 2. The lowest BCUT2D eigenvalue weighted by atomic mass is 10.1. The summed E-state index contributed by atoms with van der Waals surface area (Å²) in [6.07, 6.45) is 0.937. The summed E-state index contributed by atoms with van der Waals surface area (Å²) in [5, 5.41) is 0.226. The van der Waals surface area contributed by atoms with Crippen LogP contribution >= 0.6 is 11.8 Å². The van der Waals surface area contributed by atoms with E-state index in [1.807, 2.05) is 6.92 Å². The maximum Gasteiger partial charge on any atom is 0.186 e. The number of rotatable bonds is 3. The van der Waals surface area contributed by atoms with Crippen molar-refractivity contribution < 1.29 is 14.3 Å². The molecule has 0 aromatic rings. The Morgan fingerprint density at radius 3 is 2.60 bits per heavy atom. The Morgan fingerprint density at radius 2 is 2.13 bits per heavy atom. The first-order valence-electron chi connectivity index (χ1n) is 5.45. The highest BCUT2D eigenvalue weighted by atomic mass is 32.2. The largest absolute Gasteiger partial charge is 0.351 e. The Morgan fingerprint density at radius 1 is 1.47 bits per heavy atom. The average molecular weight is 232 g/mol. The van der Waals surface area contributed by atoms with E-state index in [0.29, 0.717) is 5.92 Å². The van der Waals surface area contributed by atoms with Gasteiger partial charge in [0.05, 0.1) is 18.0 Å². The fraction of sp³-hybridized carbons (Fsp3) is 0.909. The van der Waals surface area contributed by atoms with Crippen molar-refractivity contribution in [2.45, 2.75) is 51.8 Å². The Balaban J connectivity index is 2.57. The van der Waals surface area contributed by atoms with Crippen molar-refractivity contribution in [3.63, 3.8) is 0 Å². The summed E-state index contributed by atoms with van der Waals surface area (Å²) in [6, 6.07) is 0. The van der Waals surface area contributed by atoms with E-state index in [2.05, 4.69) is 13.8 Å². The van der Waals surface area contributed by atoms with Gasteiger partial charge in [0.2, 0.25) is 0 Å². The number of hydrogen-bond acceptors (Lipinski definition) is 4. The van der Waals surface area contributed by atoms with Crippen LogP contribution in [0.15, 0.2) is 0 Å². The summed E-state index contributed by atoms with van der Waals surface area (Å²) in [4.78, 5) is 11.1.